The Bertz CT molecular complexity index is 414. The number of fused-ring (bicyclic) bond motifs is 1. The molecule has 2 aromatic rings. The first kappa shape index (κ1) is 3.55. The maximum atomic E-state index is 7.24. The van der Waals surface area contributed by atoms with Crippen molar-refractivity contribution in [1.29, 1.82) is 1.43 Å². The van der Waals surface area contributed by atoms with Gasteiger partial charge in [-0.25, -0.2) is 0 Å². The van der Waals surface area contributed by atoms with Gasteiger partial charge in [0.25, 0.3) is 1.43 Å². The second-order valence-electron chi connectivity index (χ2n) is 1.91. The molecule has 4 nitrogen and oxygen atoms in total. The Kier molecular flexibility index (Phi) is 0.604. The maximum Gasteiger partial charge on any atom is 0.293 e. The minimum atomic E-state index is 0.311. The fourth-order valence-electron chi connectivity index (χ4n) is 0.807. The van der Waals surface area contributed by atoms with Crippen molar-refractivity contribution in [2.24, 2.45) is 0 Å². The molecule has 0 radical (unpaired) electrons. The van der Waals surface area contributed by atoms with E-state index in [0.717, 1.165) is 5.09 Å². The van der Waals surface area contributed by atoms with Gasteiger partial charge in [-0.05, 0) is 12.1 Å². The number of nitrogens with zero attached hydrogens (tertiary/aromatic N) is 2. The van der Waals surface area contributed by atoms with Crippen molar-refractivity contribution in [3.63, 3.8) is 0 Å². The summed E-state index contributed by atoms with van der Waals surface area (Å²) in [5, 5.41) is 12.3. The molecule has 1 heterocycles. The van der Waals surface area contributed by atoms with Gasteiger partial charge in [-0.2, -0.15) is 0 Å². The number of aromatic hydroxyl groups is 1. The van der Waals surface area contributed by atoms with Gasteiger partial charge in [-0.3, -0.25) is 5.09 Å². The summed E-state index contributed by atoms with van der Waals surface area (Å²) in [7, 11) is 0. The predicted molar refractivity (Wildman–Crippen MR) is 35.6 cm³/mol. The summed E-state index contributed by atoms with van der Waals surface area (Å²) < 4.78 is 13.9. The Morgan fingerprint density at radius 1 is 1.70 bits per heavy atom. The summed E-state index contributed by atoms with van der Waals surface area (Å²) >= 11 is 0. The summed E-state index contributed by atoms with van der Waals surface area (Å²) in [6.07, 6.45) is 0. The fraction of sp³-hybridized carbons (Fsp3) is 0. The van der Waals surface area contributed by atoms with Crippen LogP contribution < -0.4 is 0 Å². The van der Waals surface area contributed by atoms with E-state index in [1.807, 2.05) is 0 Å². The van der Waals surface area contributed by atoms with Gasteiger partial charge in [-0.15, -0.1) is 5.10 Å². The van der Waals surface area contributed by atoms with Crippen LogP contribution in [-0.2, 0) is 0 Å². The highest BCUT2D eigenvalue weighted by Crippen LogP contribution is 2.18. The summed E-state index contributed by atoms with van der Waals surface area (Å²) in [5.74, 6) is 0.311. The van der Waals surface area contributed by atoms with E-state index in [9.17, 15) is 0 Å². The Morgan fingerprint density at radius 2 is 2.70 bits per heavy atom. The average Bonchev–Trinajstić information content (AvgIpc) is 2.48. The quantitative estimate of drug-likeness (QED) is 0.607. The van der Waals surface area contributed by atoms with Crippen LogP contribution in [0, 0.1) is 0 Å². The molecule has 4 heteroatoms. The van der Waals surface area contributed by atoms with E-state index in [2.05, 4.69) is 15.4 Å². The van der Waals surface area contributed by atoms with Gasteiger partial charge < -0.3 is 5.11 Å². The third-order valence-corrected chi connectivity index (χ3v) is 1.27. The van der Waals surface area contributed by atoms with E-state index in [0.29, 0.717) is 16.8 Å². The first-order chi connectivity index (χ1) is 5.83. The number of hydrogen-bond donors (Lipinski definition) is 2. The van der Waals surface area contributed by atoms with E-state index in [1.165, 1.54) is 0 Å². The molecule has 10 heavy (non-hydrogen) atoms. The number of phenolic OH excluding ortho intramolecular Hbond substituents is 1. The van der Waals surface area contributed by atoms with Gasteiger partial charge in [0.2, 0.25) is 0 Å². The molecule has 0 atom stereocenters. The molecular weight excluding hydrogens is 130 g/mol. The molecular formula is C6H5N3O. The standard InChI is InChI=1S/C6H5N3O/c10-5-3-1-2-4-6(5)8-9-7-4/h1-3,10H,(H,7,8,9)/i/hD2. The van der Waals surface area contributed by atoms with Gasteiger partial charge in [0.05, 0.1) is 5.52 Å². The molecule has 0 unspecified atom stereocenters. The van der Waals surface area contributed by atoms with E-state index < -0.39 is 0 Å². The molecule has 0 saturated carbocycles. The lowest BCUT2D eigenvalue weighted by molar-refractivity contribution is 0.480. The first-order valence-electron chi connectivity index (χ1n) is 3.65. The minimum Gasteiger partial charge on any atom is -0.506 e. The SMILES string of the molecule is [2H]Oc1cccc2c1nnn2[2H]. The molecule has 0 bridgehead atoms. The number of benzene rings is 1. The van der Waals surface area contributed by atoms with Gasteiger partial charge in [0.1, 0.15) is 5.75 Å². The third-order valence-electron chi connectivity index (χ3n) is 1.27. The molecule has 0 saturated heterocycles. The summed E-state index contributed by atoms with van der Waals surface area (Å²) in [4.78, 5) is 0. The van der Waals surface area contributed by atoms with Gasteiger partial charge >= 0.3 is 0 Å². The van der Waals surface area contributed by atoms with Crippen LogP contribution in [0.25, 0.3) is 11.0 Å². The maximum absolute atomic E-state index is 7.24. The van der Waals surface area contributed by atoms with Crippen molar-refractivity contribution >= 4 is 11.0 Å². The van der Waals surface area contributed by atoms with Crippen LogP contribution in [0.3, 0.4) is 0 Å². The Hall–Kier alpha value is -1.58. The second-order valence-corrected chi connectivity index (χ2v) is 1.91. The van der Waals surface area contributed by atoms with Gasteiger partial charge in [0, 0.05) is 0 Å². The van der Waals surface area contributed by atoms with E-state index in [1.54, 1.807) is 18.2 Å². The van der Waals surface area contributed by atoms with E-state index in [4.69, 9.17) is 2.84 Å². The normalized spacial score (nSPS) is 12.8. The van der Waals surface area contributed by atoms with Crippen LogP contribution in [0.4, 0.5) is 0 Å². The fourth-order valence-corrected chi connectivity index (χ4v) is 0.807. The Balaban J connectivity index is 2.81. The zero-order chi connectivity index (χ0) is 8.55. The molecule has 1 aromatic heterocycles. The lowest BCUT2D eigenvalue weighted by Crippen LogP contribution is -1.68. The number of aromatic amines is 1. The highest BCUT2D eigenvalue weighted by molar-refractivity contribution is 5.79. The Morgan fingerprint density at radius 3 is 3.60 bits per heavy atom. The van der Waals surface area contributed by atoms with Crippen LogP contribution in [0.5, 0.6) is 5.75 Å². The summed E-state index contributed by atoms with van der Waals surface area (Å²) in [6.45, 7) is 0. The molecule has 2 rings (SSSR count). The van der Waals surface area contributed by atoms with Crippen LogP contribution in [-0.4, -0.2) is 21.9 Å². The minimum absolute atomic E-state index is 0.311. The van der Waals surface area contributed by atoms with Crippen LogP contribution in [0.1, 0.15) is 0 Å². The zero-order valence-electron chi connectivity index (χ0n) is 6.98. The monoisotopic (exact) mass is 137 g/mol. The van der Waals surface area contributed by atoms with Gasteiger partial charge in [0.15, 0.2) is 6.93 Å². The third kappa shape index (κ3) is 0.556. The highest BCUT2D eigenvalue weighted by Gasteiger charge is 1.99. The summed E-state index contributed by atoms with van der Waals surface area (Å²) in [6, 6.07) is 4.97. The van der Waals surface area contributed by atoms with Crippen LogP contribution >= 0.6 is 0 Å². The molecule has 0 amide bonds. The van der Waals surface area contributed by atoms with E-state index >= 15 is 0 Å². The molecule has 1 aromatic carbocycles. The van der Waals surface area contributed by atoms with Crippen molar-refractivity contribution in [2.45, 2.75) is 0 Å². The number of aromatic nitrogens is 3. The first-order valence-corrected chi connectivity index (χ1v) is 2.80. The topological polar surface area (TPSA) is 61.8 Å². The molecule has 2 N–H and O–H groups in total. The van der Waals surface area contributed by atoms with Crippen molar-refractivity contribution in [3.8, 4) is 5.75 Å². The highest BCUT2D eigenvalue weighted by atomic mass is 16.3. The summed E-state index contributed by atoms with van der Waals surface area (Å²) in [5.41, 5.74) is 0.960. The largest absolute Gasteiger partial charge is 0.506 e. The van der Waals surface area contributed by atoms with E-state index in [-0.39, 0.29) is 0 Å². The lowest BCUT2D eigenvalue weighted by Gasteiger charge is -1.87. The van der Waals surface area contributed by atoms with Crippen molar-refractivity contribution in [2.75, 3.05) is 0 Å². The lowest BCUT2D eigenvalue weighted by atomic mass is 10.3. The number of nitrogens with one attached hydrogen (secondary N) is 1. The molecule has 50 valence electrons. The molecule has 0 aliphatic heterocycles. The smallest absolute Gasteiger partial charge is 0.293 e. The number of hydrogen-bond acceptors (Lipinski definition) is 3. The molecule has 0 aliphatic rings. The number of rotatable bonds is 1. The van der Waals surface area contributed by atoms with Gasteiger partial charge in [-0.1, -0.05) is 11.3 Å². The zero-order valence-corrected chi connectivity index (χ0v) is 4.98. The molecule has 0 spiro atoms. The van der Waals surface area contributed by atoms with Crippen LogP contribution in [0.15, 0.2) is 18.2 Å². The number of phenols is 1. The van der Waals surface area contributed by atoms with Crippen molar-refractivity contribution < 1.29 is 6.52 Å². The van der Waals surface area contributed by atoms with Crippen molar-refractivity contribution in [1.82, 2.24) is 15.4 Å². The van der Waals surface area contributed by atoms with Crippen molar-refractivity contribution in [3.05, 3.63) is 18.2 Å². The Labute approximate surface area is 59.4 Å². The average molecular weight is 137 g/mol. The predicted octanol–water partition coefficient (Wildman–Crippen LogP) is 0.663. The van der Waals surface area contributed by atoms with Crippen LogP contribution in [0.2, 0.25) is 1.41 Å². The molecule has 0 fully saturated rings. The number of H-pyrrole nitrogens is 1. The molecule has 0 aliphatic carbocycles. The second kappa shape index (κ2) is 1.70.